The standard InChI is InChI=1S/C16H22N4O/c1-16(2,3)19-4-5-20-14(9-19)11-21-10-13-6-12(7-17)8-18-15(13)20/h6,8,14H,4-5,9-11H2,1-3H3/t14-/m1/s1. The van der Waals surface area contributed by atoms with Crippen LogP contribution in [-0.2, 0) is 11.3 Å². The SMILES string of the molecule is CC(C)(C)N1CCN2c3ncc(C#N)cc3COC[C@H]2C1. The summed E-state index contributed by atoms with van der Waals surface area (Å²) < 4.78 is 5.83. The Kier molecular flexibility index (Phi) is 3.60. The molecule has 1 fully saturated rings. The van der Waals surface area contributed by atoms with Gasteiger partial charge in [0.2, 0.25) is 0 Å². The summed E-state index contributed by atoms with van der Waals surface area (Å²) in [6.07, 6.45) is 1.66. The maximum atomic E-state index is 9.02. The molecule has 0 bridgehead atoms. The van der Waals surface area contributed by atoms with Gasteiger partial charge in [0.05, 0.1) is 24.8 Å². The Labute approximate surface area is 126 Å². The average molecular weight is 286 g/mol. The lowest BCUT2D eigenvalue weighted by Crippen LogP contribution is -2.59. The van der Waals surface area contributed by atoms with E-state index in [1.165, 1.54) is 0 Å². The molecule has 2 aliphatic rings. The summed E-state index contributed by atoms with van der Waals surface area (Å²) in [5.74, 6) is 0.991. The first-order valence-corrected chi connectivity index (χ1v) is 7.47. The fourth-order valence-electron chi connectivity index (χ4n) is 3.12. The molecule has 5 heteroatoms. The molecule has 1 saturated heterocycles. The minimum absolute atomic E-state index is 0.180. The predicted octanol–water partition coefficient (Wildman–Crippen LogP) is 1.77. The Morgan fingerprint density at radius 2 is 2.19 bits per heavy atom. The van der Waals surface area contributed by atoms with E-state index in [0.717, 1.165) is 31.0 Å². The van der Waals surface area contributed by atoms with Gasteiger partial charge in [0.25, 0.3) is 0 Å². The number of pyridine rings is 1. The minimum atomic E-state index is 0.180. The Balaban J connectivity index is 1.88. The summed E-state index contributed by atoms with van der Waals surface area (Å²) in [5, 5.41) is 9.02. The number of nitrogens with zero attached hydrogens (tertiary/aromatic N) is 4. The van der Waals surface area contributed by atoms with Crippen LogP contribution in [-0.4, -0.2) is 47.7 Å². The maximum Gasteiger partial charge on any atom is 0.134 e. The van der Waals surface area contributed by atoms with E-state index in [1.54, 1.807) is 6.20 Å². The monoisotopic (exact) mass is 286 g/mol. The van der Waals surface area contributed by atoms with Crippen molar-refractivity contribution in [1.29, 1.82) is 5.26 Å². The number of ether oxygens (including phenoxy) is 1. The van der Waals surface area contributed by atoms with Crippen molar-refractivity contribution in [1.82, 2.24) is 9.88 Å². The Bertz CT molecular complexity index is 573. The molecule has 0 aliphatic carbocycles. The number of rotatable bonds is 0. The molecule has 21 heavy (non-hydrogen) atoms. The van der Waals surface area contributed by atoms with Crippen molar-refractivity contribution in [3.05, 3.63) is 23.4 Å². The van der Waals surface area contributed by atoms with Gasteiger partial charge in [-0.3, -0.25) is 4.90 Å². The molecule has 0 saturated carbocycles. The van der Waals surface area contributed by atoms with Gasteiger partial charge in [-0.05, 0) is 26.8 Å². The zero-order chi connectivity index (χ0) is 15.0. The molecule has 1 atom stereocenters. The van der Waals surface area contributed by atoms with Crippen LogP contribution in [0.2, 0.25) is 0 Å². The van der Waals surface area contributed by atoms with Gasteiger partial charge in [-0.25, -0.2) is 4.98 Å². The van der Waals surface area contributed by atoms with E-state index in [2.05, 4.69) is 41.6 Å². The smallest absolute Gasteiger partial charge is 0.134 e. The largest absolute Gasteiger partial charge is 0.374 e. The third-order valence-corrected chi connectivity index (χ3v) is 4.34. The number of fused-ring (bicyclic) bond motifs is 3. The third-order valence-electron chi connectivity index (χ3n) is 4.34. The van der Waals surface area contributed by atoms with E-state index in [-0.39, 0.29) is 5.54 Å². The lowest BCUT2D eigenvalue weighted by atomic mass is 10.0. The van der Waals surface area contributed by atoms with Gasteiger partial charge in [-0.2, -0.15) is 5.26 Å². The van der Waals surface area contributed by atoms with Crippen LogP contribution in [0, 0.1) is 11.3 Å². The number of hydrogen-bond acceptors (Lipinski definition) is 5. The molecular weight excluding hydrogens is 264 g/mol. The van der Waals surface area contributed by atoms with Crippen molar-refractivity contribution in [3.8, 4) is 6.07 Å². The molecule has 2 aliphatic heterocycles. The van der Waals surface area contributed by atoms with Crippen molar-refractivity contribution in [2.24, 2.45) is 0 Å². The van der Waals surface area contributed by atoms with Gasteiger partial charge in [-0.15, -0.1) is 0 Å². The van der Waals surface area contributed by atoms with E-state index in [1.807, 2.05) is 6.07 Å². The summed E-state index contributed by atoms with van der Waals surface area (Å²) in [6, 6.07) is 4.39. The quantitative estimate of drug-likeness (QED) is 0.727. The second kappa shape index (κ2) is 5.28. The fourth-order valence-corrected chi connectivity index (χ4v) is 3.12. The van der Waals surface area contributed by atoms with Crippen LogP contribution in [0.15, 0.2) is 12.3 Å². The molecule has 3 heterocycles. The molecule has 3 rings (SSSR count). The van der Waals surface area contributed by atoms with Crippen molar-refractivity contribution in [3.63, 3.8) is 0 Å². The minimum Gasteiger partial charge on any atom is -0.374 e. The summed E-state index contributed by atoms with van der Waals surface area (Å²) in [4.78, 5) is 9.39. The lowest BCUT2D eigenvalue weighted by molar-refractivity contribution is 0.0612. The van der Waals surface area contributed by atoms with Gasteiger partial charge < -0.3 is 9.64 Å². The number of piperazine rings is 1. The summed E-state index contributed by atoms with van der Waals surface area (Å²) in [6.45, 7) is 11.0. The van der Waals surface area contributed by atoms with Crippen molar-refractivity contribution >= 4 is 5.82 Å². The number of anilines is 1. The second-order valence-electron chi connectivity index (χ2n) is 6.80. The summed E-state index contributed by atoms with van der Waals surface area (Å²) >= 11 is 0. The Morgan fingerprint density at radius 3 is 2.90 bits per heavy atom. The molecule has 0 radical (unpaired) electrons. The first-order valence-electron chi connectivity index (χ1n) is 7.47. The van der Waals surface area contributed by atoms with E-state index in [9.17, 15) is 0 Å². The predicted molar refractivity (Wildman–Crippen MR) is 81.1 cm³/mol. The highest BCUT2D eigenvalue weighted by Gasteiger charge is 2.35. The molecule has 0 amide bonds. The van der Waals surface area contributed by atoms with Crippen LogP contribution in [0.1, 0.15) is 31.9 Å². The zero-order valence-electron chi connectivity index (χ0n) is 13.0. The summed E-state index contributed by atoms with van der Waals surface area (Å²) in [5.41, 5.74) is 1.81. The van der Waals surface area contributed by atoms with Crippen LogP contribution in [0.3, 0.4) is 0 Å². The zero-order valence-corrected chi connectivity index (χ0v) is 13.0. The van der Waals surface area contributed by atoms with Gasteiger partial charge in [0.1, 0.15) is 11.9 Å². The lowest BCUT2D eigenvalue weighted by Gasteiger charge is -2.46. The maximum absolute atomic E-state index is 9.02. The fraction of sp³-hybridized carbons (Fsp3) is 0.625. The highest BCUT2D eigenvalue weighted by molar-refractivity contribution is 5.52. The van der Waals surface area contributed by atoms with Gasteiger partial charge in [0, 0.05) is 36.9 Å². The van der Waals surface area contributed by atoms with E-state index < -0.39 is 0 Å². The molecule has 5 nitrogen and oxygen atoms in total. The van der Waals surface area contributed by atoms with Crippen LogP contribution in [0.25, 0.3) is 0 Å². The van der Waals surface area contributed by atoms with Gasteiger partial charge in [0.15, 0.2) is 0 Å². The molecule has 1 aromatic rings. The number of aromatic nitrogens is 1. The van der Waals surface area contributed by atoms with Crippen LogP contribution in [0.4, 0.5) is 5.82 Å². The molecule has 112 valence electrons. The Hall–Kier alpha value is -1.64. The van der Waals surface area contributed by atoms with Gasteiger partial charge >= 0.3 is 0 Å². The van der Waals surface area contributed by atoms with Crippen LogP contribution in [0.5, 0.6) is 0 Å². The molecule has 0 N–H and O–H groups in total. The molecule has 0 spiro atoms. The van der Waals surface area contributed by atoms with Crippen molar-refractivity contribution < 1.29 is 4.74 Å². The molecule has 1 aromatic heterocycles. The normalized spacial score (nSPS) is 23.0. The average Bonchev–Trinajstić information content (AvgIpc) is 2.64. The number of nitriles is 1. The van der Waals surface area contributed by atoms with Crippen LogP contribution >= 0.6 is 0 Å². The van der Waals surface area contributed by atoms with Gasteiger partial charge in [-0.1, -0.05) is 0 Å². The molecule has 0 aromatic carbocycles. The number of hydrogen-bond donors (Lipinski definition) is 0. The van der Waals surface area contributed by atoms with E-state index >= 15 is 0 Å². The first-order chi connectivity index (χ1) is 9.99. The highest BCUT2D eigenvalue weighted by Crippen LogP contribution is 2.29. The van der Waals surface area contributed by atoms with Crippen molar-refractivity contribution in [2.75, 3.05) is 31.1 Å². The highest BCUT2D eigenvalue weighted by atomic mass is 16.5. The summed E-state index contributed by atoms with van der Waals surface area (Å²) in [7, 11) is 0. The Morgan fingerprint density at radius 1 is 1.38 bits per heavy atom. The molecule has 0 unspecified atom stereocenters. The second-order valence-corrected chi connectivity index (χ2v) is 6.80. The van der Waals surface area contributed by atoms with E-state index in [0.29, 0.717) is 24.8 Å². The topological polar surface area (TPSA) is 52.4 Å². The van der Waals surface area contributed by atoms with Crippen LogP contribution < -0.4 is 4.90 Å². The third kappa shape index (κ3) is 2.74. The van der Waals surface area contributed by atoms with E-state index in [4.69, 9.17) is 10.00 Å². The van der Waals surface area contributed by atoms with Crippen molar-refractivity contribution in [2.45, 2.75) is 39.0 Å². The first kappa shape index (κ1) is 14.3. The molecular formula is C16H22N4O.